The number of fused-ring (bicyclic) bond motifs is 1. The first-order valence-electron chi connectivity index (χ1n) is 11.3. The van der Waals surface area contributed by atoms with Crippen LogP contribution < -0.4 is 16.6 Å². The molecule has 2 aromatic heterocycles. The van der Waals surface area contributed by atoms with Gasteiger partial charge in [-0.3, -0.25) is 14.6 Å². The van der Waals surface area contributed by atoms with Gasteiger partial charge in [-0.05, 0) is 53.8 Å². The molecule has 2 aromatic carbocycles. The van der Waals surface area contributed by atoms with Crippen molar-refractivity contribution in [1.29, 1.82) is 0 Å². The van der Waals surface area contributed by atoms with Crippen LogP contribution in [0.5, 0.6) is 0 Å². The number of nitrogens with two attached hydrogens (primary N) is 1. The lowest BCUT2D eigenvalue weighted by Gasteiger charge is -2.17. The van der Waals surface area contributed by atoms with E-state index in [4.69, 9.17) is 10.5 Å². The summed E-state index contributed by atoms with van der Waals surface area (Å²) in [7, 11) is 2.50. The van der Waals surface area contributed by atoms with Gasteiger partial charge in [-0.2, -0.15) is 4.98 Å². The maximum absolute atomic E-state index is 12.9. The number of hydrogen-bond acceptors (Lipinski definition) is 8. The van der Waals surface area contributed by atoms with Crippen LogP contribution >= 0.6 is 0 Å². The number of anilines is 1. The summed E-state index contributed by atoms with van der Waals surface area (Å²) >= 11 is 0. The molecule has 11 heteroatoms. The number of amides is 1. The number of aromatic nitrogens is 3. The Balaban J connectivity index is 1.44. The van der Waals surface area contributed by atoms with Gasteiger partial charge in [0.2, 0.25) is 5.95 Å². The number of ether oxygens (including phenoxy) is 2. The Bertz CT molecular complexity index is 1510. The second-order valence-electron chi connectivity index (χ2n) is 8.23. The first-order chi connectivity index (χ1) is 17.8. The molecule has 0 bridgehead atoms. The van der Waals surface area contributed by atoms with Crippen LogP contribution in [-0.4, -0.2) is 47.0 Å². The SMILES string of the molecule is COC(=O)c1ccc(C(NC(=O)c2ccc(CCc3c[nH]c4nc(N)[nH]c(=O)c34)cc2)C(=O)OC)cc1. The average molecular weight is 504 g/mol. The molecule has 0 aliphatic heterocycles. The smallest absolute Gasteiger partial charge is 0.337 e. The number of nitrogen functional groups attached to an aromatic ring is 1. The number of carbonyl (C=O) groups excluding carboxylic acids is 3. The molecule has 4 aromatic rings. The van der Waals surface area contributed by atoms with Gasteiger partial charge >= 0.3 is 11.9 Å². The number of H-pyrrole nitrogens is 2. The van der Waals surface area contributed by atoms with Crippen molar-refractivity contribution >= 4 is 34.8 Å². The number of benzene rings is 2. The topological polar surface area (TPSA) is 169 Å². The van der Waals surface area contributed by atoms with Crippen LogP contribution in [-0.2, 0) is 27.1 Å². The third-order valence-corrected chi connectivity index (χ3v) is 5.92. The van der Waals surface area contributed by atoms with E-state index >= 15 is 0 Å². The molecule has 1 amide bonds. The van der Waals surface area contributed by atoms with Gasteiger partial charge in [-0.1, -0.05) is 24.3 Å². The van der Waals surface area contributed by atoms with Crippen LogP contribution in [0.3, 0.4) is 0 Å². The summed E-state index contributed by atoms with van der Waals surface area (Å²) in [6.45, 7) is 0. The van der Waals surface area contributed by atoms with Crippen LogP contribution in [0.4, 0.5) is 5.95 Å². The molecule has 2 heterocycles. The van der Waals surface area contributed by atoms with Gasteiger partial charge in [-0.15, -0.1) is 0 Å². The van der Waals surface area contributed by atoms with Gasteiger partial charge in [0.15, 0.2) is 6.04 Å². The maximum Gasteiger partial charge on any atom is 0.337 e. The molecule has 1 unspecified atom stereocenters. The first kappa shape index (κ1) is 25.2. The molecule has 0 spiro atoms. The molecule has 0 fully saturated rings. The summed E-state index contributed by atoms with van der Waals surface area (Å²) in [4.78, 5) is 58.7. The fourth-order valence-electron chi connectivity index (χ4n) is 3.96. The van der Waals surface area contributed by atoms with Gasteiger partial charge in [0.1, 0.15) is 5.65 Å². The number of nitrogens with one attached hydrogen (secondary N) is 3. The molecule has 0 aliphatic carbocycles. The fraction of sp³-hybridized carbons (Fsp3) is 0.192. The second kappa shape index (κ2) is 10.8. The van der Waals surface area contributed by atoms with Crippen LogP contribution in [0, 0.1) is 0 Å². The summed E-state index contributed by atoms with van der Waals surface area (Å²) < 4.78 is 9.53. The number of aryl methyl sites for hydroxylation is 2. The standard InChI is InChI=1S/C26H25N5O6/c1-36-24(34)17-11-9-15(10-12-17)20(25(35)37-2)29-22(32)16-6-3-14(4-7-16)5-8-18-13-28-21-19(18)23(33)31-26(27)30-21/h3-4,6-7,9-13,20H,5,8H2,1-2H3,(H,29,32)(H4,27,28,30,31,33). The van der Waals surface area contributed by atoms with E-state index in [9.17, 15) is 19.2 Å². The quantitative estimate of drug-likeness (QED) is 0.265. The molecular formula is C26H25N5O6. The van der Waals surface area contributed by atoms with Crippen molar-refractivity contribution < 1.29 is 23.9 Å². The highest BCUT2D eigenvalue weighted by molar-refractivity contribution is 5.97. The molecular weight excluding hydrogens is 478 g/mol. The van der Waals surface area contributed by atoms with E-state index in [-0.39, 0.29) is 11.5 Å². The highest BCUT2D eigenvalue weighted by atomic mass is 16.5. The van der Waals surface area contributed by atoms with E-state index in [2.05, 4.69) is 25.0 Å². The number of esters is 2. The Hall–Kier alpha value is -4.93. The Labute approximate surface area is 211 Å². The van der Waals surface area contributed by atoms with Gasteiger partial charge < -0.3 is 25.5 Å². The maximum atomic E-state index is 12.9. The van der Waals surface area contributed by atoms with Gasteiger partial charge in [0.25, 0.3) is 11.5 Å². The first-order valence-corrected chi connectivity index (χ1v) is 11.3. The van der Waals surface area contributed by atoms with E-state index in [1.807, 2.05) is 12.1 Å². The molecule has 0 radical (unpaired) electrons. The average Bonchev–Trinajstić information content (AvgIpc) is 3.33. The zero-order valence-corrected chi connectivity index (χ0v) is 20.2. The van der Waals surface area contributed by atoms with Crippen molar-refractivity contribution in [2.45, 2.75) is 18.9 Å². The third-order valence-electron chi connectivity index (χ3n) is 5.92. The van der Waals surface area contributed by atoms with Crippen molar-refractivity contribution in [2.24, 2.45) is 0 Å². The zero-order valence-electron chi connectivity index (χ0n) is 20.2. The fourth-order valence-corrected chi connectivity index (χ4v) is 3.96. The predicted molar refractivity (Wildman–Crippen MR) is 135 cm³/mol. The van der Waals surface area contributed by atoms with E-state index in [0.29, 0.717) is 40.6 Å². The monoisotopic (exact) mass is 503 g/mol. The summed E-state index contributed by atoms with van der Waals surface area (Å²) in [5.74, 6) is -1.58. The van der Waals surface area contributed by atoms with Gasteiger partial charge in [0.05, 0.1) is 25.2 Å². The summed E-state index contributed by atoms with van der Waals surface area (Å²) in [6, 6.07) is 12.0. The summed E-state index contributed by atoms with van der Waals surface area (Å²) in [6.07, 6.45) is 2.93. The molecule has 1 atom stereocenters. The second-order valence-corrected chi connectivity index (χ2v) is 8.23. The number of aromatic amines is 2. The Morgan fingerprint density at radius 3 is 2.30 bits per heavy atom. The molecule has 0 saturated heterocycles. The lowest BCUT2D eigenvalue weighted by Crippen LogP contribution is -2.34. The molecule has 5 N–H and O–H groups in total. The van der Waals surface area contributed by atoms with Gasteiger partial charge in [-0.25, -0.2) is 9.59 Å². The Kier molecular flexibility index (Phi) is 7.33. The van der Waals surface area contributed by atoms with Crippen molar-refractivity contribution in [3.63, 3.8) is 0 Å². The number of carbonyl (C=O) groups is 3. The Morgan fingerprint density at radius 2 is 1.65 bits per heavy atom. The molecule has 190 valence electrons. The van der Waals surface area contributed by atoms with Gasteiger partial charge in [0, 0.05) is 11.8 Å². The van der Waals surface area contributed by atoms with E-state index in [0.717, 1.165) is 11.1 Å². The largest absolute Gasteiger partial charge is 0.467 e. The number of rotatable bonds is 8. The predicted octanol–water partition coefficient (Wildman–Crippen LogP) is 2.05. The van der Waals surface area contributed by atoms with Crippen molar-refractivity contribution in [2.75, 3.05) is 20.0 Å². The summed E-state index contributed by atoms with van der Waals surface area (Å²) in [5.41, 5.74) is 8.60. The van der Waals surface area contributed by atoms with Crippen LogP contribution in [0.25, 0.3) is 11.0 Å². The zero-order chi connectivity index (χ0) is 26.5. The highest BCUT2D eigenvalue weighted by Crippen LogP contribution is 2.19. The highest BCUT2D eigenvalue weighted by Gasteiger charge is 2.24. The third kappa shape index (κ3) is 5.50. The minimum Gasteiger partial charge on any atom is -0.467 e. The van der Waals surface area contributed by atoms with Crippen molar-refractivity contribution in [1.82, 2.24) is 20.3 Å². The molecule has 0 aliphatic rings. The molecule has 37 heavy (non-hydrogen) atoms. The Morgan fingerprint density at radius 1 is 0.973 bits per heavy atom. The van der Waals surface area contributed by atoms with Crippen molar-refractivity contribution in [3.8, 4) is 0 Å². The lowest BCUT2D eigenvalue weighted by atomic mass is 10.0. The van der Waals surface area contributed by atoms with Crippen molar-refractivity contribution in [3.05, 3.63) is 92.9 Å². The molecule has 4 rings (SSSR count). The minimum absolute atomic E-state index is 0.0485. The normalized spacial score (nSPS) is 11.6. The number of nitrogens with zero attached hydrogens (tertiary/aromatic N) is 1. The minimum atomic E-state index is -1.06. The van der Waals surface area contributed by atoms with E-state index in [1.165, 1.54) is 26.4 Å². The van der Waals surface area contributed by atoms with Crippen LogP contribution in [0.1, 0.15) is 43.4 Å². The number of hydrogen-bond donors (Lipinski definition) is 4. The van der Waals surface area contributed by atoms with E-state index < -0.39 is 23.9 Å². The molecule has 0 saturated carbocycles. The molecule has 11 nitrogen and oxygen atoms in total. The lowest BCUT2D eigenvalue weighted by molar-refractivity contribution is -0.143. The van der Waals surface area contributed by atoms with Crippen LogP contribution in [0.15, 0.2) is 59.5 Å². The summed E-state index contributed by atoms with van der Waals surface area (Å²) in [5, 5.41) is 3.15. The van der Waals surface area contributed by atoms with E-state index in [1.54, 1.807) is 30.5 Å². The van der Waals surface area contributed by atoms with Crippen LogP contribution in [0.2, 0.25) is 0 Å². The number of methoxy groups -OCH3 is 2.